The zero-order valence-corrected chi connectivity index (χ0v) is 14.2. The number of halogens is 2. The molecule has 0 amide bonds. The predicted molar refractivity (Wildman–Crippen MR) is 86.7 cm³/mol. The van der Waals surface area contributed by atoms with Crippen LogP contribution in [0, 0.1) is 5.92 Å². The third-order valence-corrected chi connectivity index (χ3v) is 4.94. The Balaban J connectivity index is 1.98. The van der Waals surface area contributed by atoms with E-state index in [1.54, 1.807) is 6.07 Å². The molecule has 1 heterocycles. The Morgan fingerprint density at radius 3 is 2.71 bits per heavy atom. The van der Waals surface area contributed by atoms with E-state index in [-0.39, 0.29) is 6.04 Å². The first-order valence-corrected chi connectivity index (χ1v) is 8.41. The third-order valence-electron chi connectivity index (χ3n) is 3.31. The van der Waals surface area contributed by atoms with Gasteiger partial charge in [0.15, 0.2) is 0 Å². The smallest absolute Gasteiger partial charge is 0.276 e. The molecule has 0 aliphatic rings. The van der Waals surface area contributed by atoms with Gasteiger partial charge in [-0.1, -0.05) is 61.3 Å². The van der Waals surface area contributed by atoms with Crippen molar-refractivity contribution in [1.82, 2.24) is 10.2 Å². The number of nitrogens with two attached hydrogens (primary N) is 1. The van der Waals surface area contributed by atoms with E-state index in [0.717, 1.165) is 12.0 Å². The molecule has 0 saturated heterocycles. The van der Waals surface area contributed by atoms with Crippen molar-refractivity contribution in [3.8, 4) is 0 Å². The van der Waals surface area contributed by atoms with Gasteiger partial charge in [0.25, 0.3) is 5.22 Å². The van der Waals surface area contributed by atoms with E-state index < -0.39 is 0 Å². The maximum Gasteiger partial charge on any atom is 0.276 e. The molecule has 4 nitrogen and oxygen atoms in total. The first-order chi connectivity index (χ1) is 10.0. The Kier molecular flexibility index (Phi) is 5.93. The van der Waals surface area contributed by atoms with Gasteiger partial charge >= 0.3 is 0 Å². The number of aromatic nitrogens is 2. The van der Waals surface area contributed by atoms with Crippen LogP contribution >= 0.6 is 35.0 Å². The second-order valence-corrected chi connectivity index (χ2v) is 6.60. The molecule has 2 N–H and O–H groups in total. The highest BCUT2D eigenvalue weighted by molar-refractivity contribution is 7.98. The number of benzene rings is 1. The molecule has 2 rings (SSSR count). The summed E-state index contributed by atoms with van der Waals surface area (Å²) in [6.45, 7) is 4.15. The minimum Gasteiger partial charge on any atom is -0.414 e. The number of hydrogen-bond donors (Lipinski definition) is 1. The molecule has 0 aliphatic heterocycles. The van der Waals surface area contributed by atoms with Crippen molar-refractivity contribution in [1.29, 1.82) is 0 Å². The van der Waals surface area contributed by atoms with Crippen LogP contribution in [0.15, 0.2) is 27.8 Å². The first-order valence-electron chi connectivity index (χ1n) is 6.67. The third kappa shape index (κ3) is 4.36. The van der Waals surface area contributed by atoms with Crippen molar-refractivity contribution in [3.05, 3.63) is 39.7 Å². The molecule has 1 aromatic carbocycles. The Morgan fingerprint density at radius 1 is 1.29 bits per heavy atom. The van der Waals surface area contributed by atoms with Gasteiger partial charge in [-0.25, -0.2) is 0 Å². The van der Waals surface area contributed by atoms with E-state index in [1.807, 2.05) is 12.1 Å². The van der Waals surface area contributed by atoms with Crippen molar-refractivity contribution < 1.29 is 4.42 Å². The van der Waals surface area contributed by atoms with Gasteiger partial charge in [-0.05, 0) is 23.6 Å². The summed E-state index contributed by atoms with van der Waals surface area (Å²) in [5.41, 5.74) is 7.11. The van der Waals surface area contributed by atoms with E-state index in [9.17, 15) is 0 Å². The van der Waals surface area contributed by atoms with Crippen LogP contribution in [0.1, 0.15) is 37.8 Å². The van der Waals surface area contributed by atoms with Gasteiger partial charge in [-0.15, -0.1) is 10.2 Å². The van der Waals surface area contributed by atoms with Crippen LogP contribution in [-0.4, -0.2) is 10.2 Å². The van der Waals surface area contributed by atoms with Gasteiger partial charge < -0.3 is 10.2 Å². The Bertz CT molecular complexity index is 606. The fourth-order valence-corrected chi connectivity index (χ4v) is 2.72. The average Bonchev–Trinajstić information content (AvgIpc) is 2.95. The molecule has 1 unspecified atom stereocenters. The quantitative estimate of drug-likeness (QED) is 0.767. The molecule has 0 fully saturated rings. The fourth-order valence-electron chi connectivity index (χ4n) is 1.69. The zero-order chi connectivity index (χ0) is 15.4. The van der Waals surface area contributed by atoms with E-state index in [1.165, 1.54) is 11.8 Å². The molecule has 21 heavy (non-hydrogen) atoms. The van der Waals surface area contributed by atoms with Gasteiger partial charge in [0, 0.05) is 5.75 Å². The van der Waals surface area contributed by atoms with Gasteiger partial charge in [0.2, 0.25) is 5.89 Å². The van der Waals surface area contributed by atoms with E-state index in [0.29, 0.717) is 32.8 Å². The second-order valence-electron chi connectivity index (χ2n) is 4.85. The molecular formula is C14H17Cl2N3OS. The minimum absolute atomic E-state index is 0.221. The van der Waals surface area contributed by atoms with Gasteiger partial charge in [-0.2, -0.15) is 0 Å². The lowest BCUT2D eigenvalue weighted by atomic mass is 10.0. The lowest BCUT2D eigenvalue weighted by Gasteiger charge is -2.13. The number of rotatable bonds is 6. The predicted octanol–water partition coefficient (Wildman–Crippen LogP) is 4.71. The Hall–Kier alpha value is -0.750. The van der Waals surface area contributed by atoms with E-state index in [4.69, 9.17) is 33.4 Å². The summed E-state index contributed by atoms with van der Waals surface area (Å²) >= 11 is 13.3. The first kappa shape index (κ1) is 16.6. The minimum atomic E-state index is -0.221. The van der Waals surface area contributed by atoms with Gasteiger partial charge in [0.1, 0.15) is 0 Å². The van der Waals surface area contributed by atoms with Gasteiger partial charge in [0.05, 0.1) is 16.1 Å². The van der Waals surface area contributed by atoms with Gasteiger partial charge in [-0.3, -0.25) is 0 Å². The molecule has 2 atom stereocenters. The van der Waals surface area contributed by atoms with Crippen LogP contribution in [0.5, 0.6) is 0 Å². The molecule has 114 valence electrons. The molecule has 0 spiro atoms. The molecule has 2 aromatic rings. The maximum absolute atomic E-state index is 6.07. The van der Waals surface area contributed by atoms with E-state index in [2.05, 4.69) is 24.0 Å². The highest BCUT2D eigenvalue weighted by atomic mass is 35.5. The van der Waals surface area contributed by atoms with Crippen molar-refractivity contribution in [2.45, 2.75) is 37.3 Å². The SMILES string of the molecule is CCC(C)[C@@H](N)c1nnc(SCc2ccc(Cl)c(Cl)c2)o1. The Morgan fingerprint density at radius 2 is 2.05 bits per heavy atom. The van der Waals surface area contributed by atoms with Crippen molar-refractivity contribution in [2.75, 3.05) is 0 Å². The number of thioether (sulfide) groups is 1. The standard InChI is InChI=1S/C14H17Cl2N3OS/c1-3-8(2)12(17)13-18-19-14(20-13)21-7-9-4-5-10(15)11(16)6-9/h4-6,8,12H,3,7,17H2,1-2H3/t8?,12-/m1/s1. The molecule has 0 radical (unpaired) electrons. The summed E-state index contributed by atoms with van der Waals surface area (Å²) in [4.78, 5) is 0. The largest absolute Gasteiger partial charge is 0.414 e. The number of hydrogen-bond acceptors (Lipinski definition) is 5. The molecule has 1 aromatic heterocycles. The van der Waals surface area contributed by atoms with Crippen LogP contribution in [0.25, 0.3) is 0 Å². The summed E-state index contributed by atoms with van der Waals surface area (Å²) < 4.78 is 5.60. The summed E-state index contributed by atoms with van der Waals surface area (Å²) in [7, 11) is 0. The maximum atomic E-state index is 6.07. The highest BCUT2D eigenvalue weighted by Gasteiger charge is 2.19. The van der Waals surface area contributed by atoms with Crippen LogP contribution in [0.2, 0.25) is 10.0 Å². The van der Waals surface area contributed by atoms with Crippen LogP contribution in [-0.2, 0) is 5.75 Å². The number of nitrogens with zero attached hydrogens (tertiary/aromatic N) is 2. The molecule has 7 heteroatoms. The Labute approximate surface area is 138 Å². The second kappa shape index (κ2) is 7.49. The van der Waals surface area contributed by atoms with Crippen molar-refractivity contribution in [2.24, 2.45) is 11.7 Å². The van der Waals surface area contributed by atoms with E-state index >= 15 is 0 Å². The summed E-state index contributed by atoms with van der Waals surface area (Å²) in [5, 5.41) is 9.63. The molecule has 0 saturated carbocycles. The molecule has 0 aliphatic carbocycles. The van der Waals surface area contributed by atoms with Crippen molar-refractivity contribution >= 4 is 35.0 Å². The molecule has 0 bridgehead atoms. The summed E-state index contributed by atoms with van der Waals surface area (Å²) in [6.07, 6.45) is 0.968. The zero-order valence-electron chi connectivity index (χ0n) is 11.8. The van der Waals surface area contributed by atoms with Crippen LogP contribution < -0.4 is 5.73 Å². The van der Waals surface area contributed by atoms with Crippen molar-refractivity contribution in [3.63, 3.8) is 0 Å². The van der Waals surface area contributed by atoms with Crippen LogP contribution in [0.3, 0.4) is 0 Å². The average molecular weight is 346 g/mol. The molecular weight excluding hydrogens is 329 g/mol. The van der Waals surface area contributed by atoms with Crippen LogP contribution in [0.4, 0.5) is 0 Å². The lowest BCUT2D eigenvalue weighted by Crippen LogP contribution is -2.18. The highest BCUT2D eigenvalue weighted by Crippen LogP contribution is 2.28. The topological polar surface area (TPSA) is 64.9 Å². The fraction of sp³-hybridized carbons (Fsp3) is 0.429. The lowest BCUT2D eigenvalue weighted by molar-refractivity contribution is 0.333. The monoisotopic (exact) mass is 345 g/mol. The normalized spacial score (nSPS) is 14.1. The summed E-state index contributed by atoms with van der Waals surface area (Å²) in [6, 6.07) is 5.31. The summed E-state index contributed by atoms with van der Waals surface area (Å²) in [5.74, 6) is 1.47.